The number of carbonyl (C=O) groups is 2. The van der Waals surface area contributed by atoms with E-state index in [1.807, 2.05) is 36.4 Å². The van der Waals surface area contributed by atoms with Crippen molar-refractivity contribution in [2.45, 2.75) is 6.61 Å². The number of ether oxygens (including phenoxy) is 2. The number of nitriles is 1. The van der Waals surface area contributed by atoms with E-state index in [1.165, 1.54) is 19.2 Å². The molecule has 0 aliphatic carbocycles. The lowest BCUT2D eigenvalue weighted by atomic mass is 10.1. The maximum Gasteiger partial charge on any atom is 0.335 e. The predicted octanol–water partition coefficient (Wildman–Crippen LogP) is 4.23. The van der Waals surface area contributed by atoms with Gasteiger partial charge in [0.15, 0.2) is 11.5 Å². The van der Waals surface area contributed by atoms with Crippen LogP contribution in [-0.4, -0.2) is 55.2 Å². The van der Waals surface area contributed by atoms with Crippen LogP contribution < -0.4 is 14.4 Å². The van der Waals surface area contributed by atoms with Gasteiger partial charge in [-0.05, 0) is 53.6 Å². The van der Waals surface area contributed by atoms with E-state index in [0.29, 0.717) is 43.2 Å². The van der Waals surface area contributed by atoms with Crippen molar-refractivity contribution < 1.29 is 24.2 Å². The molecule has 0 atom stereocenters. The molecule has 3 aromatic rings. The van der Waals surface area contributed by atoms with Gasteiger partial charge in [-0.3, -0.25) is 4.79 Å². The van der Waals surface area contributed by atoms with Gasteiger partial charge in [-0.2, -0.15) is 5.26 Å². The van der Waals surface area contributed by atoms with Gasteiger partial charge in [0.05, 0.1) is 12.7 Å². The van der Waals surface area contributed by atoms with Crippen LogP contribution >= 0.6 is 0 Å². The summed E-state index contributed by atoms with van der Waals surface area (Å²) in [5, 5.41) is 18.7. The van der Waals surface area contributed by atoms with Crippen LogP contribution in [0.1, 0.15) is 21.5 Å². The summed E-state index contributed by atoms with van der Waals surface area (Å²) in [6.45, 7) is 2.70. The fraction of sp³-hybridized carbons (Fsp3) is 0.207. The molecule has 0 spiro atoms. The molecule has 1 heterocycles. The lowest BCUT2D eigenvalue weighted by Crippen LogP contribution is -2.49. The van der Waals surface area contributed by atoms with E-state index in [9.17, 15) is 14.9 Å². The van der Waals surface area contributed by atoms with E-state index in [4.69, 9.17) is 14.6 Å². The fourth-order valence-corrected chi connectivity index (χ4v) is 4.08. The summed E-state index contributed by atoms with van der Waals surface area (Å²) in [4.78, 5) is 28.0. The summed E-state index contributed by atoms with van der Waals surface area (Å²) < 4.78 is 11.3. The normalized spacial score (nSPS) is 13.6. The highest BCUT2D eigenvalue weighted by Crippen LogP contribution is 2.30. The average Bonchev–Trinajstić information content (AvgIpc) is 2.95. The quantitative estimate of drug-likeness (QED) is 0.367. The molecule has 1 aliphatic rings. The van der Waals surface area contributed by atoms with Crippen molar-refractivity contribution in [3.05, 3.63) is 95.1 Å². The van der Waals surface area contributed by atoms with Gasteiger partial charge in [0.2, 0.25) is 0 Å². The monoisotopic (exact) mass is 497 g/mol. The van der Waals surface area contributed by atoms with E-state index in [1.54, 1.807) is 41.3 Å². The van der Waals surface area contributed by atoms with E-state index in [0.717, 1.165) is 11.3 Å². The minimum Gasteiger partial charge on any atom is -0.493 e. The number of carbonyl (C=O) groups excluding carboxylic acids is 1. The molecule has 0 aromatic heterocycles. The van der Waals surface area contributed by atoms with Gasteiger partial charge in [-0.1, -0.05) is 36.4 Å². The highest BCUT2D eigenvalue weighted by Gasteiger charge is 2.24. The largest absolute Gasteiger partial charge is 0.493 e. The highest BCUT2D eigenvalue weighted by atomic mass is 16.5. The Bertz CT molecular complexity index is 1320. The number of rotatable bonds is 8. The molecule has 188 valence electrons. The third-order valence-corrected chi connectivity index (χ3v) is 6.13. The smallest absolute Gasteiger partial charge is 0.335 e. The van der Waals surface area contributed by atoms with Gasteiger partial charge in [0, 0.05) is 31.9 Å². The van der Waals surface area contributed by atoms with Crippen LogP contribution in [0.4, 0.5) is 5.69 Å². The number of aromatic carboxylic acids is 1. The summed E-state index contributed by atoms with van der Waals surface area (Å²) in [6.07, 6.45) is 1.56. The van der Waals surface area contributed by atoms with Crippen LogP contribution in [0.3, 0.4) is 0 Å². The predicted molar refractivity (Wildman–Crippen MR) is 140 cm³/mol. The van der Waals surface area contributed by atoms with Crippen LogP contribution in [0.5, 0.6) is 11.5 Å². The Morgan fingerprint density at radius 1 is 0.973 bits per heavy atom. The Balaban J connectivity index is 1.41. The number of carboxylic acid groups (broad SMARTS) is 1. The lowest BCUT2D eigenvalue weighted by molar-refractivity contribution is -0.126. The van der Waals surface area contributed by atoms with Crippen LogP contribution in [0, 0.1) is 11.3 Å². The molecule has 0 saturated carbocycles. The average molecular weight is 498 g/mol. The number of hydrogen-bond acceptors (Lipinski definition) is 6. The van der Waals surface area contributed by atoms with Crippen LogP contribution in [0.15, 0.2) is 78.4 Å². The Hall–Kier alpha value is -4.77. The fourth-order valence-electron chi connectivity index (χ4n) is 4.08. The van der Waals surface area contributed by atoms with Crippen molar-refractivity contribution >= 4 is 23.6 Å². The second kappa shape index (κ2) is 11.8. The molecule has 1 amide bonds. The molecule has 4 rings (SSSR count). The highest BCUT2D eigenvalue weighted by molar-refractivity contribution is 6.01. The van der Waals surface area contributed by atoms with E-state index >= 15 is 0 Å². The zero-order valence-corrected chi connectivity index (χ0v) is 20.5. The Kier molecular flexibility index (Phi) is 8.06. The summed E-state index contributed by atoms with van der Waals surface area (Å²) in [7, 11) is 1.51. The molecule has 0 bridgehead atoms. The van der Waals surface area contributed by atoms with Crippen molar-refractivity contribution in [1.29, 1.82) is 5.26 Å². The first-order chi connectivity index (χ1) is 18.0. The summed E-state index contributed by atoms with van der Waals surface area (Å²) in [5.74, 6) is -0.331. The molecule has 8 heteroatoms. The zero-order chi connectivity index (χ0) is 26.2. The number of para-hydroxylation sites is 1. The number of piperazine rings is 1. The SMILES string of the molecule is COc1cc(/C=C(/C#N)C(=O)N2CCN(c3ccccc3)CC2)ccc1OCc1ccc(C(=O)O)cc1. The number of anilines is 1. The number of methoxy groups -OCH3 is 1. The first-order valence-corrected chi connectivity index (χ1v) is 11.8. The number of amides is 1. The molecule has 1 aliphatic heterocycles. The molecule has 0 radical (unpaired) electrons. The van der Waals surface area contributed by atoms with Gasteiger partial charge < -0.3 is 24.4 Å². The van der Waals surface area contributed by atoms with Crippen molar-refractivity contribution in [3.8, 4) is 17.6 Å². The molecule has 0 unspecified atom stereocenters. The van der Waals surface area contributed by atoms with E-state index in [-0.39, 0.29) is 23.7 Å². The van der Waals surface area contributed by atoms with Crippen LogP contribution in [0.25, 0.3) is 6.08 Å². The van der Waals surface area contributed by atoms with E-state index in [2.05, 4.69) is 4.90 Å². The first-order valence-electron chi connectivity index (χ1n) is 11.8. The van der Waals surface area contributed by atoms with E-state index < -0.39 is 5.97 Å². The molecular weight excluding hydrogens is 470 g/mol. The summed E-state index contributed by atoms with van der Waals surface area (Å²) >= 11 is 0. The molecule has 8 nitrogen and oxygen atoms in total. The van der Waals surface area contributed by atoms with Crippen LogP contribution in [0.2, 0.25) is 0 Å². The molecular formula is C29H27N3O5. The number of carboxylic acids is 1. The minimum atomic E-state index is -0.984. The number of nitrogens with zero attached hydrogens (tertiary/aromatic N) is 3. The Morgan fingerprint density at radius 3 is 2.30 bits per heavy atom. The molecule has 3 aromatic carbocycles. The molecule has 1 saturated heterocycles. The lowest BCUT2D eigenvalue weighted by Gasteiger charge is -2.36. The van der Waals surface area contributed by atoms with Gasteiger partial charge in [0.25, 0.3) is 5.91 Å². The molecule has 1 fully saturated rings. The third-order valence-electron chi connectivity index (χ3n) is 6.13. The van der Waals surface area contributed by atoms with Gasteiger partial charge in [-0.25, -0.2) is 4.79 Å². The maximum atomic E-state index is 13.0. The zero-order valence-electron chi connectivity index (χ0n) is 20.5. The number of benzene rings is 3. The Morgan fingerprint density at radius 2 is 1.68 bits per heavy atom. The minimum absolute atomic E-state index is 0.0578. The second-order valence-corrected chi connectivity index (χ2v) is 8.49. The van der Waals surface area contributed by atoms with Crippen LogP contribution in [-0.2, 0) is 11.4 Å². The van der Waals surface area contributed by atoms with Gasteiger partial charge in [0.1, 0.15) is 18.2 Å². The summed E-state index contributed by atoms with van der Waals surface area (Å²) in [6, 6.07) is 23.7. The first kappa shape index (κ1) is 25.3. The van der Waals surface area contributed by atoms with Gasteiger partial charge in [-0.15, -0.1) is 0 Å². The van der Waals surface area contributed by atoms with Crippen molar-refractivity contribution in [2.24, 2.45) is 0 Å². The topological polar surface area (TPSA) is 103 Å². The van der Waals surface area contributed by atoms with Gasteiger partial charge >= 0.3 is 5.97 Å². The van der Waals surface area contributed by atoms with Crippen molar-refractivity contribution in [1.82, 2.24) is 4.90 Å². The Labute approximate surface area is 215 Å². The van der Waals surface area contributed by atoms with Crippen molar-refractivity contribution in [2.75, 3.05) is 38.2 Å². The second-order valence-electron chi connectivity index (χ2n) is 8.49. The molecule has 37 heavy (non-hydrogen) atoms. The standard InChI is InChI=1S/C29H27N3O5/c1-36-27-18-22(9-12-26(27)37-20-21-7-10-23(11-8-21)29(34)35)17-24(19-30)28(33)32-15-13-31(14-16-32)25-5-3-2-4-6-25/h2-12,17-18H,13-16,20H2,1H3,(H,34,35)/b24-17-. The summed E-state index contributed by atoms with van der Waals surface area (Å²) in [5.41, 5.74) is 2.83. The third kappa shape index (κ3) is 6.27. The maximum absolute atomic E-state index is 13.0. The molecule has 1 N–H and O–H groups in total. The number of hydrogen-bond donors (Lipinski definition) is 1. The van der Waals surface area contributed by atoms with Crippen molar-refractivity contribution in [3.63, 3.8) is 0 Å².